The first kappa shape index (κ1) is 23.6. The predicted molar refractivity (Wildman–Crippen MR) is 110 cm³/mol. The number of aliphatic hydroxyl groups excluding tert-OH is 3. The highest BCUT2D eigenvalue weighted by molar-refractivity contribution is 5.52. The van der Waals surface area contributed by atoms with Gasteiger partial charge in [0.25, 0.3) is 0 Å². The first-order chi connectivity index (χ1) is 14.4. The highest BCUT2D eigenvalue weighted by Gasteiger charge is 2.16. The molecule has 0 heterocycles. The lowest BCUT2D eigenvalue weighted by Crippen LogP contribution is -2.19. The van der Waals surface area contributed by atoms with Gasteiger partial charge in [-0.1, -0.05) is 6.07 Å². The van der Waals surface area contributed by atoms with Gasteiger partial charge in [0.05, 0.1) is 26.4 Å². The first-order valence-electron chi connectivity index (χ1n) is 9.73. The van der Waals surface area contributed by atoms with Crippen LogP contribution in [-0.4, -0.2) is 58.8 Å². The van der Waals surface area contributed by atoms with Crippen LogP contribution in [0.25, 0.3) is 0 Å². The van der Waals surface area contributed by atoms with Gasteiger partial charge < -0.3 is 39.7 Å². The van der Waals surface area contributed by atoms with Crippen LogP contribution in [0.1, 0.15) is 30.4 Å². The van der Waals surface area contributed by atoms with Crippen molar-refractivity contribution in [2.24, 2.45) is 0 Å². The van der Waals surface area contributed by atoms with Crippen molar-refractivity contribution in [1.82, 2.24) is 0 Å². The zero-order valence-electron chi connectivity index (χ0n) is 17.2. The van der Waals surface area contributed by atoms with E-state index in [9.17, 15) is 20.4 Å². The molecule has 5 N–H and O–H groups in total. The van der Waals surface area contributed by atoms with Crippen LogP contribution >= 0.6 is 0 Å². The maximum atomic E-state index is 10.3. The lowest BCUT2D eigenvalue weighted by Gasteiger charge is -2.17. The molecule has 0 bridgehead atoms. The van der Waals surface area contributed by atoms with E-state index in [0.717, 1.165) is 11.1 Å². The molecule has 0 spiro atoms. The third-order valence-electron chi connectivity index (χ3n) is 4.86. The number of aryl methyl sites for hydroxylation is 2. The fourth-order valence-corrected chi connectivity index (χ4v) is 3.21. The Hall–Kier alpha value is -2.68. The van der Waals surface area contributed by atoms with E-state index in [1.165, 1.54) is 14.2 Å². The Morgan fingerprint density at radius 3 is 1.97 bits per heavy atom. The molecule has 166 valence electrons. The van der Waals surface area contributed by atoms with Gasteiger partial charge in [-0.3, -0.25) is 0 Å². The average molecular weight is 422 g/mol. The fraction of sp³-hybridized carbons (Fsp3) is 0.455. The molecule has 2 rings (SSSR count). The second kappa shape index (κ2) is 11.5. The summed E-state index contributed by atoms with van der Waals surface area (Å²) in [6, 6.07) is 8.26. The van der Waals surface area contributed by atoms with Gasteiger partial charge in [0, 0.05) is 0 Å². The highest BCUT2D eigenvalue weighted by Crippen LogP contribution is 2.37. The molecule has 2 atom stereocenters. The lowest BCUT2D eigenvalue weighted by atomic mass is 9.98. The molecular formula is C22H30O8. The number of hydrogen-bond acceptors (Lipinski definition) is 8. The Balaban J connectivity index is 1.85. The minimum absolute atomic E-state index is 0.0654. The van der Waals surface area contributed by atoms with Crippen molar-refractivity contribution in [2.45, 2.75) is 44.3 Å². The standard InChI is InChI=1S/C22H30O8/c1-28-19-9-14(5-8-18(19)26)3-6-16(24)12-17(25)7-4-15-10-20(29-2)22(27)21(11-15)30-13-23/h5,8-11,16-17,23-27H,3-4,6-7,12-13H2,1-2H3. The summed E-state index contributed by atoms with van der Waals surface area (Å²) < 4.78 is 15.2. The van der Waals surface area contributed by atoms with Gasteiger partial charge in [-0.15, -0.1) is 0 Å². The van der Waals surface area contributed by atoms with Crippen molar-refractivity contribution in [3.63, 3.8) is 0 Å². The van der Waals surface area contributed by atoms with Crippen molar-refractivity contribution in [3.05, 3.63) is 41.5 Å². The summed E-state index contributed by atoms with van der Waals surface area (Å²) in [6.07, 6.45) is 0.759. The topological polar surface area (TPSA) is 129 Å². The average Bonchev–Trinajstić information content (AvgIpc) is 2.73. The number of ether oxygens (including phenoxy) is 3. The minimum Gasteiger partial charge on any atom is -0.504 e. The number of methoxy groups -OCH3 is 2. The molecule has 2 aromatic carbocycles. The summed E-state index contributed by atoms with van der Waals surface area (Å²) in [5.74, 6) is 0.573. The molecule has 0 saturated carbocycles. The van der Waals surface area contributed by atoms with Crippen molar-refractivity contribution in [3.8, 4) is 28.7 Å². The molecular weight excluding hydrogens is 392 g/mol. The van der Waals surface area contributed by atoms with Gasteiger partial charge in [-0.05, 0) is 67.5 Å². The Bertz CT molecular complexity index is 808. The molecule has 0 aliphatic carbocycles. The smallest absolute Gasteiger partial charge is 0.200 e. The summed E-state index contributed by atoms with van der Waals surface area (Å²) in [5.41, 5.74) is 1.68. The van der Waals surface area contributed by atoms with Gasteiger partial charge in [-0.2, -0.15) is 0 Å². The minimum atomic E-state index is -0.712. The van der Waals surface area contributed by atoms with Crippen LogP contribution in [0.2, 0.25) is 0 Å². The van der Waals surface area contributed by atoms with E-state index in [-0.39, 0.29) is 29.4 Å². The lowest BCUT2D eigenvalue weighted by molar-refractivity contribution is 0.0712. The Kier molecular flexibility index (Phi) is 9.04. The molecule has 2 aromatic rings. The van der Waals surface area contributed by atoms with E-state index >= 15 is 0 Å². The van der Waals surface area contributed by atoms with Crippen LogP contribution in [-0.2, 0) is 12.8 Å². The van der Waals surface area contributed by atoms with Gasteiger partial charge >= 0.3 is 0 Å². The molecule has 0 aliphatic rings. The second-order valence-corrected chi connectivity index (χ2v) is 7.05. The maximum Gasteiger partial charge on any atom is 0.200 e. The molecule has 8 heteroatoms. The Morgan fingerprint density at radius 2 is 1.37 bits per heavy atom. The third-order valence-corrected chi connectivity index (χ3v) is 4.86. The monoisotopic (exact) mass is 422 g/mol. The molecule has 8 nitrogen and oxygen atoms in total. The van der Waals surface area contributed by atoms with E-state index in [1.54, 1.807) is 30.3 Å². The number of aromatic hydroxyl groups is 2. The summed E-state index contributed by atoms with van der Waals surface area (Å²) in [5, 5.41) is 49.1. The number of benzene rings is 2. The third kappa shape index (κ3) is 6.69. The van der Waals surface area contributed by atoms with Gasteiger partial charge in [-0.25, -0.2) is 0 Å². The van der Waals surface area contributed by atoms with Crippen LogP contribution in [0.15, 0.2) is 30.3 Å². The first-order valence-corrected chi connectivity index (χ1v) is 9.73. The number of phenolic OH excluding ortho intramolecular Hbond substituents is 2. The van der Waals surface area contributed by atoms with E-state index in [2.05, 4.69) is 0 Å². The second-order valence-electron chi connectivity index (χ2n) is 7.05. The molecule has 0 aromatic heterocycles. The molecule has 30 heavy (non-hydrogen) atoms. The number of phenols is 2. The van der Waals surface area contributed by atoms with Crippen molar-refractivity contribution in [2.75, 3.05) is 21.0 Å². The summed E-state index contributed by atoms with van der Waals surface area (Å²) in [4.78, 5) is 0. The van der Waals surface area contributed by atoms with Gasteiger partial charge in [0.1, 0.15) is 0 Å². The summed E-state index contributed by atoms with van der Waals surface area (Å²) in [6.45, 7) is -0.581. The van der Waals surface area contributed by atoms with E-state index in [4.69, 9.17) is 19.3 Å². The molecule has 0 amide bonds. The van der Waals surface area contributed by atoms with Crippen LogP contribution in [0.3, 0.4) is 0 Å². The molecule has 2 unspecified atom stereocenters. The summed E-state index contributed by atoms with van der Waals surface area (Å²) in [7, 11) is 2.89. The normalized spacial score (nSPS) is 13.0. The summed E-state index contributed by atoms with van der Waals surface area (Å²) >= 11 is 0. The van der Waals surface area contributed by atoms with Crippen LogP contribution < -0.4 is 14.2 Å². The molecule has 0 aliphatic heterocycles. The van der Waals surface area contributed by atoms with E-state index < -0.39 is 19.0 Å². The van der Waals surface area contributed by atoms with Crippen LogP contribution in [0.4, 0.5) is 0 Å². The zero-order chi connectivity index (χ0) is 22.1. The quantitative estimate of drug-likeness (QED) is 0.329. The number of aliphatic hydroxyl groups is 3. The van der Waals surface area contributed by atoms with E-state index in [0.29, 0.717) is 31.4 Å². The SMILES string of the molecule is COc1cc(CCC(O)CC(O)CCc2cc(OC)c(O)c(OCO)c2)ccc1O. The largest absolute Gasteiger partial charge is 0.504 e. The van der Waals surface area contributed by atoms with Crippen molar-refractivity contribution in [1.29, 1.82) is 0 Å². The van der Waals surface area contributed by atoms with E-state index in [1.807, 2.05) is 0 Å². The van der Waals surface area contributed by atoms with Crippen molar-refractivity contribution >= 4 is 0 Å². The van der Waals surface area contributed by atoms with Gasteiger partial charge in [0.15, 0.2) is 29.8 Å². The Labute approximate surface area is 175 Å². The molecule has 0 fully saturated rings. The maximum absolute atomic E-state index is 10.3. The van der Waals surface area contributed by atoms with Crippen molar-refractivity contribution < 1.29 is 39.7 Å². The van der Waals surface area contributed by atoms with Crippen LogP contribution in [0.5, 0.6) is 28.7 Å². The van der Waals surface area contributed by atoms with Gasteiger partial charge in [0.2, 0.25) is 5.75 Å². The molecule has 0 radical (unpaired) electrons. The van der Waals surface area contributed by atoms with Crippen LogP contribution in [0, 0.1) is 0 Å². The zero-order valence-corrected chi connectivity index (χ0v) is 17.2. The number of hydrogen-bond donors (Lipinski definition) is 5. The predicted octanol–water partition coefficient (Wildman–Crippen LogP) is 2.12. The highest BCUT2D eigenvalue weighted by atomic mass is 16.6. The molecule has 0 saturated heterocycles. The Morgan fingerprint density at radius 1 is 0.800 bits per heavy atom. The fourth-order valence-electron chi connectivity index (χ4n) is 3.21. The number of rotatable bonds is 12.